The molecule has 0 aliphatic rings. The molecule has 0 saturated carbocycles. The maximum absolute atomic E-state index is 8.84. The minimum absolute atomic E-state index is 0.357. The first-order chi connectivity index (χ1) is 6.70. The average Bonchev–Trinajstić information content (AvgIpc) is 2.15. The predicted octanol–water partition coefficient (Wildman–Crippen LogP) is 2.52. The monoisotopic (exact) mass is 201 g/mol. The summed E-state index contributed by atoms with van der Waals surface area (Å²) in [6.45, 7) is 3.78. The molecule has 0 heterocycles. The van der Waals surface area contributed by atoms with E-state index in [1.54, 1.807) is 0 Å². The van der Waals surface area contributed by atoms with Gasteiger partial charge in [0.1, 0.15) is 0 Å². The van der Waals surface area contributed by atoms with Crippen LogP contribution in [-0.2, 0) is 0 Å². The maximum atomic E-state index is 8.84. The Morgan fingerprint density at radius 1 is 1.07 bits per heavy atom. The Hall–Kier alpha value is -0.0800. The second kappa shape index (κ2) is 9.47. The number of hydrogen-bond acceptors (Lipinski definition) is 2. The topological polar surface area (TPSA) is 23.5 Å². The van der Waals surface area contributed by atoms with Gasteiger partial charge >= 0.3 is 0 Å². The van der Waals surface area contributed by atoms with Crippen molar-refractivity contribution >= 4 is 0 Å². The molecule has 1 atom stereocenters. The van der Waals surface area contributed by atoms with Crippen molar-refractivity contribution in [2.45, 2.75) is 45.4 Å². The van der Waals surface area contributed by atoms with Crippen LogP contribution in [0.3, 0.4) is 0 Å². The molecule has 1 N–H and O–H groups in total. The molecule has 0 rings (SSSR count). The van der Waals surface area contributed by atoms with Crippen molar-refractivity contribution in [1.82, 2.24) is 4.90 Å². The predicted molar refractivity (Wildman–Crippen MR) is 62.5 cm³/mol. The van der Waals surface area contributed by atoms with E-state index in [2.05, 4.69) is 25.9 Å². The summed E-state index contributed by atoms with van der Waals surface area (Å²) < 4.78 is 0. The van der Waals surface area contributed by atoms with E-state index in [0.717, 1.165) is 12.3 Å². The number of aliphatic hydroxyl groups is 1. The molecule has 0 bridgehead atoms. The summed E-state index contributed by atoms with van der Waals surface area (Å²) in [6.07, 6.45) is 7.47. The van der Waals surface area contributed by atoms with E-state index in [1.165, 1.54) is 38.6 Å². The summed E-state index contributed by atoms with van der Waals surface area (Å²) >= 11 is 0. The van der Waals surface area contributed by atoms with Crippen LogP contribution in [0.15, 0.2) is 0 Å². The van der Waals surface area contributed by atoms with Gasteiger partial charge in [0.2, 0.25) is 0 Å². The van der Waals surface area contributed by atoms with Gasteiger partial charge in [0, 0.05) is 6.61 Å². The minimum Gasteiger partial charge on any atom is -0.396 e. The van der Waals surface area contributed by atoms with Crippen LogP contribution in [0.1, 0.15) is 45.4 Å². The fourth-order valence-corrected chi connectivity index (χ4v) is 1.77. The zero-order chi connectivity index (χ0) is 10.8. The van der Waals surface area contributed by atoms with Gasteiger partial charge in [-0.1, -0.05) is 32.6 Å². The minimum atomic E-state index is 0.357. The third kappa shape index (κ3) is 8.52. The zero-order valence-corrected chi connectivity index (χ0v) is 10.1. The summed E-state index contributed by atoms with van der Waals surface area (Å²) in [5.41, 5.74) is 0. The summed E-state index contributed by atoms with van der Waals surface area (Å²) in [5, 5.41) is 8.84. The third-order valence-electron chi connectivity index (χ3n) is 2.83. The normalized spacial score (nSPS) is 13.5. The van der Waals surface area contributed by atoms with E-state index in [9.17, 15) is 0 Å². The van der Waals surface area contributed by atoms with E-state index >= 15 is 0 Å². The molecule has 0 saturated heterocycles. The van der Waals surface area contributed by atoms with E-state index in [-0.39, 0.29) is 0 Å². The Balaban J connectivity index is 3.24. The van der Waals surface area contributed by atoms with Crippen molar-refractivity contribution in [3.63, 3.8) is 0 Å². The molecule has 0 amide bonds. The molecule has 0 unspecified atom stereocenters. The van der Waals surface area contributed by atoms with E-state index in [1.807, 2.05) is 0 Å². The fraction of sp³-hybridized carbons (Fsp3) is 1.00. The first kappa shape index (κ1) is 13.9. The standard InChI is InChI=1S/C12H27NO/c1-4-12(9-11-14)8-6-5-7-10-13(2)3/h12,14H,4-11H2,1-3H3/t12-/m1/s1. The van der Waals surface area contributed by atoms with Crippen molar-refractivity contribution in [2.24, 2.45) is 5.92 Å². The van der Waals surface area contributed by atoms with Crippen LogP contribution in [0.25, 0.3) is 0 Å². The summed E-state index contributed by atoms with van der Waals surface area (Å²) in [4.78, 5) is 2.24. The van der Waals surface area contributed by atoms with Gasteiger partial charge in [-0.2, -0.15) is 0 Å². The van der Waals surface area contributed by atoms with Crippen LogP contribution in [-0.4, -0.2) is 37.3 Å². The Labute approximate surface area is 89.3 Å². The highest BCUT2D eigenvalue weighted by molar-refractivity contribution is 4.57. The lowest BCUT2D eigenvalue weighted by Gasteiger charge is -2.13. The molecule has 0 fully saturated rings. The van der Waals surface area contributed by atoms with Crippen molar-refractivity contribution in [2.75, 3.05) is 27.2 Å². The molecule has 0 aliphatic heterocycles. The number of rotatable bonds is 9. The number of nitrogens with zero attached hydrogens (tertiary/aromatic N) is 1. The van der Waals surface area contributed by atoms with Crippen LogP contribution >= 0.6 is 0 Å². The fourth-order valence-electron chi connectivity index (χ4n) is 1.77. The maximum Gasteiger partial charge on any atom is 0.0433 e. The molecule has 0 spiro atoms. The molecule has 2 heteroatoms. The Morgan fingerprint density at radius 2 is 1.79 bits per heavy atom. The van der Waals surface area contributed by atoms with Gasteiger partial charge in [-0.05, 0) is 39.4 Å². The lowest BCUT2D eigenvalue weighted by atomic mass is 9.96. The zero-order valence-electron chi connectivity index (χ0n) is 10.1. The van der Waals surface area contributed by atoms with Gasteiger partial charge in [0.25, 0.3) is 0 Å². The molecule has 14 heavy (non-hydrogen) atoms. The van der Waals surface area contributed by atoms with Crippen molar-refractivity contribution in [3.05, 3.63) is 0 Å². The first-order valence-corrected chi connectivity index (χ1v) is 5.96. The first-order valence-electron chi connectivity index (χ1n) is 5.96. The largest absolute Gasteiger partial charge is 0.396 e. The van der Waals surface area contributed by atoms with Gasteiger partial charge in [0.05, 0.1) is 0 Å². The van der Waals surface area contributed by atoms with Gasteiger partial charge in [-0.25, -0.2) is 0 Å². The molecule has 0 aromatic rings. The SMILES string of the molecule is CC[C@@H](CCO)CCCCCN(C)C. The summed E-state index contributed by atoms with van der Waals surface area (Å²) in [5.74, 6) is 0.749. The van der Waals surface area contributed by atoms with Crippen molar-refractivity contribution < 1.29 is 5.11 Å². The summed E-state index contributed by atoms with van der Waals surface area (Å²) in [6, 6.07) is 0. The number of hydrogen-bond donors (Lipinski definition) is 1. The van der Waals surface area contributed by atoms with Gasteiger partial charge in [0.15, 0.2) is 0 Å². The number of aliphatic hydroxyl groups excluding tert-OH is 1. The average molecular weight is 201 g/mol. The second-order valence-corrected chi connectivity index (χ2v) is 4.44. The van der Waals surface area contributed by atoms with Crippen LogP contribution in [0, 0.1) is 5.92 Å². The highest BCUT2D eigenvalue weighted by atomic mass is 16.3. The molecule has 0 aromatic heterocycles. The number of unbranched alkanes of at least 4 members (excludes halogenated alkanes) is 2. The summed E-state index contributed by atoms with van der Waals surface area (Å²) in [7, 11) is 4.25. The lowest BCUT2D eigenvalue weighted by Crippen LogP contribution is -2.12. The lowest BCUT2D eigenvalue weighted by molar-refractivity contribution is 0.246. The van der Waals surface area contributed by atoms with E-state index in [0.29, 0.717) is 6.61 Å². The second-order valence-electron chi connectivity index (χ2n) is 4.44. The highest BCUT2D eigenvalue weighted by Crippen LogP contribution is 2.16. The molecular weight excluding hydrogens is 174 g/mol. The van der Waals surface area contributed by atoms with Crippen LogP contribution in [0.2, 0.25) is 0 Å². The van der Waals surface area contributed by atoms with Gasteiger partial charge in [-0.15, -0.1) is 0 Å². The Morgan fingerprint density at radius 3 is 2.29 bits per heavy atom. The van der Waals surface area contributed by atoms with Crippen LogP contribution in [0.4, 0.5) is 0 Å². The van der Waals surface area contributed by atoms with E-state index < -0.39 is 0 Å². The van der Waals surface area contributed by atoms with Crippen molar-refractivity contribution in [3.8, 4) is 0 Å². The molecule has 0 aromatic carbocycles. The van der Waals surface area contributed by atoms with E-state index in [4.69, 9.17) is 5.11 Å². The smallest absolute Gasteiger partial charge is 0.0433 e. The molecule has 0 aliphatic carbocycles. The molecule has 2 nitrogen and oxygen atoms in total. The van der Waals surface area contributed by atoms with Crippen molar-refractivity contribution in [1.29, 1.82) is 0 Å². The van der Waals surface area contributed by atoms with Crippen LogP contribution < -0.4 is 0 Å². The molecule has 0 radical (unpaired) electrons. The molecular formula is C12H27NO. The third-order valence-corrected chi connectivity index (χ3v) is 2.83. The van der Waals surface area contributed by atoms with Crippen LogP contribution in [0.5, 0.6) is 0 Å². The Kier molecular flexibility index (Phi) is 9.42. The Bertz CT molecular complexity index is 115. The quantitative estimate of drug-likeness (QED) is 0.579. The molecule has 86 valence electrons. The highest BCUT2D eigenvalue weighted by Gasteiger charge is 2.04. The van der Waals surface area contributed by atoms with Gasteiger partial charge < -0.3 is 10.0 Å². The van der Waals surface area contributed by atoms with Gasteiger partial charge in [-0.3, -0.25) is 0 Å².